The second kappa shape index (κ2) is 4.62. The Bertz CT molecular complexity index is 317. The maximum absolute atomic E-state index is 4.73. The molecule has 1 aromatic rings. The lowest BCUT2D eigenvalue weighted by molar-refractivity contribution is 0.285. The standard InChI is InChI=1S/C12H22N2S/c1-8(2)10-7-15-11(14-10)12(5,13-6)9(3)4/h7-9,13H,1-6H3. The molecule has 1 aromatic heterocycles. The van der Waals surface area contributed by atoms with Crippen molar-refractivity contribution in [2.45, 2.75) is 46.1 Å². The van der Waals surface area contributed by atoms with Gasteiger partial charge in [-0.15, -0.1) is 11.3 Å². The SMILES string of the molecule is CNC(C)(c1nc(C(C)C)cs1)C(C)C. The summed E-state index contributed by atoms with van der Waals surface area (Å²) in [6.07, 6.45) is 0. The first-order chi connectivity index (χ1) is 6.91. The Balaban J connectivity index is 3.03. The number of aromatic nitrogens is 1. The number of hydrogen-bond donors (Lipinski definition) is 1. The van der Waals surface area contributed by atoms with Crippen molar-refractivity contribution in [3.05, 3.63) is 16.1 Å². The highest BCUT2D eigenvalue weighted by Gasteiger charge is 2.31. The Morgan fingerprint density at radius 1 is 1.33 bits per heavy atom. The maximum Gasteiger partial charge on any atom is 0.113 e. The summed E-state index contributed by atoms with van der Waals surface area (Å²) >= 11 is 1.76. The highest BCUT2D eigenvalue weighted by molar-refractivity contribution is 7.09. The largest absolute Gasteiger partial charge is 0.308 e. The van der Waals surface area contributed by atoms with Gasteiger partial charge in [-0.25, -0.2) is 4.98 Å². The average molecular weight is 226 g/mol. The molecule has 3 heteroatoms. The summed E-state index contributed by atoms with van der Waals surface area (Å²) in [5, 5.41) is 6.77. The molecule has 0 aliphatic heterocycles. The van der Waals surface area contributed by atoms with Crippen molar-refractivity contribution in [3.8, 4) is 0 Å². The highest BCUT2D eigenvalue weighted by Crippen LogP contribution is 2.32. The van der Waals surface area contributed by atoms with Crippen LogP contribution in [0.1, 0.15) is 51.2 Å². The Morgan fingerprint density at radius 3 is 2.27 bits per heavy atom. The normalized spacial score (nSPS) is 16.0. The van der Waals surface area contributed by atoms with Crippen molar-refractivity contribution in [3.63, 3.8) is 0 Å². The van der Waals surface area contributed by atoms with E-state index in [9.17, 15) is 0 Å². The predicted octanol–water partition coefficient (Wildman–Crippen LogP) is 3.36. The van der Waals surface area contributed by atoms with Crippen LogP contribution in [0.3, 0.4) is 0 Å². The number of rotatable bonds is 4. The van der Waals surface area contributed by atoms with Crippen LogP contribution >= 0.6 is 11.3 Å². The van der Waals surface area contributed by atoms with Gasteiger partial charge in [0.05, 0.1) is 11.2 Å². The van der Waals surface area contributed by atoms with Gasteiger partial charge in [0.15, 0.2) is 0 Å². The monoisotopic (exact) mass is 226 g/mol. The zero-order valence-electron chi connectivity index (χ0n) is 10.6. The fraction of sp³-hybridized carbons (Fsp3) is 0.750. The molecule has 0 radical (unpaired) electrons. The van der Waals surface area contributed by atoms with Crippen LogP contribution in [0.4, 0.5) is 0 Å². The minimum atomic E-state index is -0.00218. The van der Waals surface area contributed by atoms with E-state index in [2.05, 4.69) is 45.3 Å². The molecule has 1 N–H and O–H groups in total. The third-order valence-electron chi connectivity index (χ3n) is 3.23. The zero-order valence-corrected chi connectivity index (χ0v) is 11.4. The molecule has 0 saturated carbocycles. The molecule has 1 atom stereocenters. The topological polar surface area (TPSA) is 24.9 Å². The maximum atomic E-state index is 4.73. The lowest BCUT2D eigenvalue weighted by atomic mass is 9.89. The fourth-order valence-electron chi connectivity index (χ4n) is 1.43. The van der Waals surface area contributed by atoms with Crippen LogP contribution < -0.4 is 5.32 Å². The Labute approximate surface area is 97.1 Å². The highest BCUT2D eigenvalue weighted by atomic mass is 32.1. The molecule has 86 valence electrons. The molecular weight excluding hydrogens is 204 g/mol. The van der Waals surface area contributed by atoms with Crippen molar-refractivity contribution >= 4 is 11.3 Å². The van der Waals surface area contributed by atoms with E-state index in [-0.39, 0.29) is 5.54 Å². The summed E-state index contributed by atoms with van der Waals surface area (Å²) in [5.74, 6) is 1.05. The van der Waals surface area contributed by atoms with Crippen molar-refractivity contribution in [2.24, 2.45) is 5.92 Å². The summed E-state index contributed by atoms with van der Waals surface area (Å²) in [6, 6.07) is 0. The molecule has 0 aliphatic carbocycles. The second-order valence-corrected chi connectivity index (χ2v) is 5.70. The molecule has 2 nitrogen and oxygen atoms in total. The van der Waals surface area contributed by atoms with Gasteiger partial charge in [0, 0.05) is 5.38 Å². The first kappa shape index (κ1) is 12.7. The quantitative estimate of drug-likeness (QED) is 0.851. The van der Waals surface area contributed by atoms with Gasteiger partial charge in [-0.05, 0) is 25.8 Å². The van der Waals surface area contributed by atoms with E-state index in [0.717, 1.165) is 0 Å². The molecule has 0 bridgehead atoms. The van der Waals surface area contributed by atoms with E-state index in [4.69, 9.17) is 4.98 Å². The van der Waals surface area contributed by atoms with Gasteiger partial charge in [-0.2, -0.15) is 0 Å². The number of nitrogens with zero attached hydrogens (tertiary/aromatic N) is 1. The Kier molecular flexibility index (Phi) is 3.90. The molecule has 0 aromatic carbocycles. The third kappa shape index (κ3) is 2.40. The summed E-state index contributed by atoms with van der Waals surface area (Å²) in [6.45, 7) is 11.1. The molecule has 1 heterocycles. The molecule has 1 rings (SSSR count). The molecule has 0 fully saturated rings. The summed E-state index contributed by atoms with van der Waals surface area (Å²) in [4.78, 5) is 4.73. The van der Waals surface area contributed by atoms with Crippen LogP contribution in [0.5, 0.6) is 0 Å². The summed E-state index contributed by atoms with van der Waals surface area (Å²) < 4.78 is 0. The molecule has 0 aliphatic rings. The van der Waals surface area contributed by atoms with Gasteiger partial charge in [0.25, 0.3) is 0 Å². The third-order valence-corrected chi connectivity index (χ3v) is 4.33. The van der Waals surface area contributed by atoms with Crippen molar-refractivity contribution in [2.75, 3.05) is 7.05 Å². The van der Waals surface area contributed by atoms with Gasteiger partial charge in [0.2, 0.25) is 0 Å². The predicted molar refractivity (Wildman–Crippen MR) is 67.5 cm³/mol. The molecule has 0 spiro atoms. The lowest BCUT2D eigenvalue weighted by Crippen LogP contribution is -2.41. The van der Waals surface area contributed by atoms with Crippen LogP contribution in [0, 0.1) is 5.92 Å². The van der Waals surface area contributed by atoms with Crippen LogP contribution in [0.15, 0.2) is 5.38 Å². The van der Waals surface area contributed by atoms with Gasteiger partial charge in [-0.3, -0.25) is 0 Å². The van der Waals surface area contributed by atoms with E-state index in [1.54, 1.807) is 11.3 Å². The number of thiazole rings is 1. The Hall–Kier alpha value is -0.410. The second-order valence-electron chi connectivity index (χ2n) is 4.84. The van der Waals surface area contributed by atoms with Crippen LogP contribution in [-0.4, -0.2) is 12.0 Å². The van der Waals surface area contributed by atoms with Crippen LogP contribution in [0.2, 0.25) is 0 Å². The summed E-state index contributed by atoms with van der Waals surface area (Å²) in [7, 11) is 2.01. The van der Waals surface area contributed by atoms with Crippen molar-refractivity contribution in [1.29, 1.82) is 0 Å². The van der Waals surface area contributed by atoms with Gasteiger partial charge in [-0.1, -0.05) is 27.7 Å². The van der Waals surface area contributed by atoms with E-state index in [1.165, 1.54) is 10.7 Å². The summed E-state index contributed by atoms with van der Waals surface area (Å²) in [5.41, 5.74) is 1.20. The Morgan fingerprint density at radius 2 is 1.93 bits per heavy atom. The van der Waals surface area contributed by atoms with Crippen molar-refractivity contribution < 1.29 is 0 Å². The van der Waals surface area contributed by atoms with E-state index >= 15 is 0 Å². The average Bonchev–Trinajstić information content (AvgIpc) is 2.65. The lowest BCUT2D eigenvalue weighted by Gasteiger charge is -2.31. The molecule has 0 saturated heterocycles. The molecule has 15 heavy (non-hydrogen) atoms. The minimum Gasteiger partial charge on any atom is -0.308 e. The molecule has 1 unspecified atom stereocenters. The first-order valence-electron chi connectivity index (χ1n) is 5.56. The fourth-order valence-corrected chi connectivity index (χ4v) is 2.73. The molecular formula is C12H22N2S. The van der Waals surface area contributed by atoms with E-state index in [0.29, 0.717) is 11.8 Å². The molecule has 0 amide bonds. The van der Waals surface area contributed by atoms with Crippen LogP contribution in [0.25, 0.3) is 0 Å². The van der Waals surface area contributed by atoms with Gasteiger partial charge < -0.3 is 5.32 Å². The van der Waals surface area contributed by atoms with E-state index in [1.807, 2.05) is 7.05 Å². The van der Waals surface area contributed by atoms with Gasteiger partial charge in [0.1, 0.15) is 5.01 Å². The number of nitrogens with one attached hydrogen (secondary N) is 1. The van der Waals surface area contributed by atoms with Gasteiger partial charge >= 0.3 is 0 Å². The smallest absolute Gasteiger partial charge is 0.113 e. The van der Waals surface area contributed by atoms with E-state index < -0.39 is 0 Å². The zero-order chi connectivity index (χ0) is 11.6. The first-order valence-corrected chi connectivity index (χ1v) is 6.44. The number of hydrogen-bond acceptors (Lipinski definition) is 3. The minimum absolute atomic E-state index is 0.00218. The van der Waals surface area contributed by atoms with Crippen molar-refractivity contribution in [1.82, 2.24) is 10.3 Å². The van der Waals surface area contributed by atoms with Crippen LogP contribution in [-0.2, 0) is 5.54 Å².